The maximum Gasteiger partial charge on any atom is 0.341 e. The van der Waals surface area contributed by atoms with Crippen LogP contribution in [-0.4, -0.2) is 43.5 Å². The molecule has 4 aromatic rings. The number of carbonyl (C=O) groups excluding carboxylic acids is 2. The lowest BCUT2D eigenvalue weighted by Gasteiger charge is -2.13. The standard InChI is InChI=1S/C26H27N5O4S2/c1-4-35-25(34)20-17-10-5-6-11-19(17)37-24(20)29-22(32)15(3)36-26-28-21-18(23(33)30-26)13-27-31(21)16-9-7-8-14(2)12-16/h7-9,12-13,15H,4-6,10-11H2,1-3H3,(H,29,32)(H,28,30,33). The second-order valence-corrected chi connectivity index (χ2v) is 11.3. The van der Waals surface area contributed by atoms with E-state index in [0.29, 0.717) is 26.8 Å². The molecule has 1 amide bonds. The number of carbonyl (C=O) groups is 2. The number of fused-ring (bicyclic) bond motifs is 2. The van der Waals surface area contributed by atoms with Crippen LogP contribution in [0, 0.1) is 6.92 Å². The lowest BCUT2D eigenvalue weighted by molar-refractivity contribution is -0.115. The number of thioether (sulfide) groups is 1. The van der Waals surface area contributed by atoms with Gasteiger partial charge in [-0.2, -0.15) is 5.10 Å². The Morgan fingerprint density at radius 2 is 2.11 bits per heavy atom. The van der Waals surface area contributed by atoms with Gasteiger partial charge in [0.2, 0.25) is 5.91 Å². The number of benzene rings is 1. The fourth-order valence-electron chi connectivity index (χ4n) is 4.41. The van der Waals surface area contributed by atoms with Gasteiger partial charge >= 0.3 is 5.97 Å². The van der Waals surface area contributed by atoms with Crippen LogP contribution in [0.2, 0.25) is 0 Å². The van der Waals surface area contributed by atoms with Crippen molar-refractivity contribution in [2.75, 3.05) is 11.9 Å². The van der Waals surface area contributed by atoms with E-state index in [9.17, 15) is 14.4 Å². The van der Waals surface area contributed by atoms with Crippen molar-refractivity contribution in [1.82, 2.24) is 19.7 Å². The first-order chi connectivity index (χ1) is 17.9. The van der Waals surface area contributed by atoms with Gasteiger partial charge in [-0.05, 0) is 69.7 Å². The van der Waals surface area contributed by atoms with Gasteiger partial charge < -0.3 is 15.0 Å². The van der Waals surface area contributed by atoms with E-state index >= 15 is 0 Å². The third-order valence-corrected chi connectivity index (χ3v) is 8.40. The minimum Gasteiger partial charge on any atom is -0.462 e. The molecule has 2 N–H and O–H groups in total. The lowest BCUT2D eigenvalue weighted by Crippen LogP contribution is -2.24. The lowest BCUT2D eigenvalue weighted by atomic mass is 9.95. The number of nitrogens with zero attached hydrogens (tertiary/aromatic N) is 3. The summed E-state index contributed by atoms with van der Waals surface area (Å²) in [6.45, 7) is 5.75. The highest BCUT2D eigenvalue weighted by atomic mass is 32.2. The molecule has 0 bridgehead atoms. The number of aromatic nitrogens is 4. The SMILES string of the molecule is CCOC(=O)c1c(NC(=O)C(C)Sc2nc3c(cnn3-c3cccc(C)c3)c(=O)[nH]2)sc2c1CCCC2. The Labute approximate surface area is 221 Å². The molecule has 0 radical (unpaired) electrons. The fourth-order valence-corrected chi connectivity index (χ4v) is 6.48. The van der Waals surface area contributed by atoms with E-state index in [4.69, 9.17) is 4.74 Å². The molecule has 1 unspecified atom stereocenters. The van der Waals surface area contributed by atoms with Crippen LogP contribution in [0.25, 0.3) is 16.7 Å². The fraction of sp³-hybridized carbons (Fsp3) is 0.346. The summed E-state index contributed by atoms with van der Waals surface area (Å²) in [5, 5.41) is 7.90. The molecule has 0 aliphatic heterocycles. The van der Waals surface area contributed by atoms with E-state index in [1.165, 1.54) is 17.5 Å². The van der Waals surface area contributed by atoms with Crippen molar-refractivity contribution in [2.45, 2.75) is 56.9 Å². The summed E-state index contributed by atoms with van der Waals surface area (Å²) in [5.74, 6) is -0.692. The van der Waals surface area contributed by atoms with Crippen LogP contribution in [0.4, 0.5) is 5.00 Å². The molecule has 37 heavy (non-hydrogen) atoms. The number of anilines is 1. The van der Waals surface area contributed by atoms with Crippen LogP contribution in [0.5, 0.6) is 0 Å². The Hall–Kier alpha value is -3.44. The van der Waals surface area contributed by atoms with Crippen molar-refractivity contribution in [3.8, 4) is 5.69 Å². The minimum absolute atomic E-state index is 0.268. The van der Waals surface area contributed by atoms with Gasteiger partial charge in [-0.1, -0.05) is 23.9 Å². The first-order valence-electron chi connectivity index (χ1n) is 12.2. The predicted molar refractivity (Wildman–Crippen MR) is 145 cm³/mol. The number of H-pyrrole nitrogens is 1. The molecule has 1 aromatic carbocycles. The van der Waals surface area contributed by atoms with Crippen LogP contribution in [-0.2, 0) is 22.4 Å². The first kappa shape index (κ1) is 25.2. The van der Waals surface area contributed by atoms with Crippen molar-refractivity contribution in [3.05, 3.63) is 62.4 Å². The number of amides is 1. The molecule has 11 heteroatoms. The monoisotopic (exact) mass is 537 g/mol. The maximum absolute atomic E-state index is 13.2. The highest BCUT2D eigenvalue weighted by Crippen LogP contribution is 2.39. The number of nitrogens with one attached hydrogen (secondary N) is 2. The molecule has 0 saturated carbocycles. The van der Waals surface area contributed by atoms with Crippen molar-refractivity contribution in [1.29, 1.82) is 0 Å². The zero-order valence-corrected chi connectivity index (χ0v) is 22.4. The second kappa shape index (κ2) is 10.5. The van der Waals surface area contributed by atoms with Crippen molar-refractivity contribution < 1.29 is 14.3 Å². The predicted octanol–water partition coefficient (Wildman–Crippen LogP) is 4.65. The zero-order chi connectivity index (χ0) is 26.1. The Morgan fingerprint density at radius 1 is 1.30 bits per heavy atom. The molecule has 0 spiro atoms. The molecule has 5 rings (SSSR count). The number of hydrogen-bond acceptors (Lipinski definition) is 8. The Balaban J connectivity index is 1.40. The smallest absolute Gasteiger partial charge is 0.341 e. The van der Waals surface area contributed by atoms with Gasteiger partial charge in [-0.3, -0.25) is 9.59 Å². The normalized spacial score (nSPS) is 13.8. The van der Waals surface area contributed by atoms with E-state index < -0.39 is 11.2 Å². The summed E-state index contributed by atoms with van der Waals surface area (Å²) in [6.07, 6.45) is 5.27. The summed E-state index contributed by atoms with van der Waals surface area (Å²) in [6, 6.07) is 7.75. The molecule has 9 nitrogen and oxygen atoms in total. The van der Waals surface area contributed by atoms with Gasteiger partial charge in [-0.15, -0.1) is 11.3 Å². The summed E-state index contributed by atoms with van der Waals surface area (Å²) < 4.78 is 6.90. The average molecular weight is 538 g/mol. The summed E-state index contributed by atoms with van der Waals surface area (Å²) in [5.41, 5.74) is 3.41. The Kier molecular flexibility index (Phi) is 7.16. The number of esters is 1. The van der Waals surface area contributed by atoms with Crippen molar-refractivity contribution in [2.24, 2.45) is 0 Å². The van der Waals surface area contributed by atoms with Gasteiger partial charge in [0.05, 0.1) is 29.3 Å². The maximum atomic E-state index is 13.2. The van der Waals surface area contributed by atoms with Gasteiger partial charge in [0, 0.05) is 4.88 Å². The molecule has 1 aliphatic carbocycles. The van der Waals surface area contributed by atoms with Gasteiger partial charge in [-0.25, -0.2) is 14.5 Å². The van der Waals surface area contributed by atoms with Gasteiger partial charge in [0.15, 0.2) is 10.8 Å². The highest BCUT2D eigenvalue weighted by Gasteiger charge is 2.28. The van der Waals surface area contributed by atoms with E-state index in [1.54, 1.807) is 18.5 Å². The number of ether oxygens (including phenoxy) is 1. The first-order valence-corrected chi connectivity index (χ1v) is 13.9. The molecule has 0 fully saturated rings. The van der Waals surface area contributed by atoms with Gasteiger partial charge in [0.25, 0.3) is 5.56 Å². The number of aryl methyl sites for hydroxylation is 2. The van der Waals surface area contributed by atoms with Crippen LogP contribution < -0.4 is 10.9 Å². The van der Waals surface area contributed by atoms with E-state index in [0.717, 1.165) is 59.1 Å². The molecular formula is C26H27N5O4S2. The van der Waals surface area contributed by atoms with Gasteiger partial charge in [0.1, 0.15) is 10.4 Å². The van der Waals surface area contributed by atoms with E-state index in [-0.39, 0.29) is 18.1 Å². The third-order valence-electron chi connectivity index (χ3n) is 6.21. The molecule has 192 valence electrons. The largest absolute Gasteiger partial charge is 0.462 e. The average Bonchev–Trinajstić information content (AvgIpc) is 3.45. The number of aromatic amines is 1. The summed E-state index contributed by atoms with van der Waals surface area (Å²) >= 11 is 2.59. The molecule has 3 heterocycles. The quantitative estimate of drug-likeness (QED) is 0.200. The van der Waals surface area contributed by atoms with Crippen LogP contribution in [0.15, 0.2) is 40.4 Å². The van der Waals surface area contributed by atoms with Crippen molar-refractivity contribution >= 4 is 51.0 Å². The van der Waals surface area contributed by atoms with E-state index in [1.807, 2.05) is 31.2 Å². The Morgan fingerprint density at radius 3 is 2.89 bits per heavy atom. The topological polar surface area (TPSA) is 119 Å². The van der Waals surface area contributed by atoms with Crippen LogP contribution in [0.3, 0.4) is 0 Å². The second-order valence-electron chi connectivity index (χ2n) is 8.89. The van der Waals surface area contributed by atoms with Crippen molar-refractivity contribution in [3.63, 3.8) is 0 Å². The summed E-state index contributed by atoms with van der Waals surface area (Å²) in [7, 11) is 0. The number of hydrogen-bond donors (Lipinski definition) is 2. The van der Waals surface area contributed by atoms with Crippen LogP contribution in [0.1, 0.15) is 53.1 Å². The number of rotatable bonds is 7. The van der Waals surface area contributed by atoms with E-state index in [2.05, 4.69) is 20.4 Å². The minimum atomic E-state index is -0.592. The third kappa shape index (κ3) is 5.05. The van der Waals surface area contributed by atoms with Crippen LogP contribution >= 0.6 is 23.1 Å². The molecule has 3 aromatic heterocycles. The molecular weight excluding hydrogens is 510 g/mol. The Bertz CT molecular complexity index is 1550. The molecule has 1 aliphatic rings. The molecule has 1 atom stereocenters. The highest BCUT2D eigenvalue weighted by molar-refractivity contribution is 8.00. The molecule has 0 saturated heterocycles. The zero-order valence-electron chi connectivity index (χ0n) is 20.8. The number of thiophene rings is 1. The summed E-state index contributed by atoms with van der Waals surface area (Å²) in [4.78, 5) is 47.1.